The van der Waals surface area contributed by atoms with Gasteiger partial charge in [-0.2, -0.15) is 0 Å². The molecule has 0 saturated carbocycles. The van der Waals surface area contributed by atoms with Gasteiger partial charge in [-0.1, -0.05) is 0 Å². The smallest absolute Gasteiger partial charge is 0.271 e. The molecule has 1 aliphatic rings. The third-order valence-corrected chi connectivity index (χ3v) is 5.67. The fourth-order valence-electron chi connectivity index (χ4n) is 2.75. The molecule has 1 fully saturated rings. The first-order valence-electron chi connectivity index (χ1n) is 7.80. The molecule has 0 aliphatic carbocycles. The van der Waals surface area contributed by atoms with Crippen molar-refractivity contribution in [3.05, 3.63) is 27.2 Å². The highest BCUT2D eigenvalue weighted by Crippen LogP contribution is 2.18. The number of nitrogens with zero attached hydrogens (tertiary/aromatic N) is 3. The normalized spacial score (nSPS) is 21.6. The summed E-state index contributed by atoms with van der Waals surface area (Å²) in [6, 6.07) is -0.245. The van der Waals surface area contributed by atoms with Gasteiger partial charge in [0, 0.05) is 37.4 Å². The number of aryl methyl sites for hydroxylation is 1. The van der Waals surface area contributed by atoms with Crippen LogP contribution in [0.1, 0.15) is 27.6 Å². The van der Waals surface area contributed by atoms with Crippen molar-refractivity contribution in [2.45, 2.75) is 32.0 Å². The first-order chi connectivity index (χ1) is 11.5. The zero-order valence-corrected chi connectivity index (χ0v) is 15.3. The predicted molar refractivity (Wildman–Crippen MR) is 95.7 cm³/mol. The van der Waals surface area contributed by atoms with Crippen molar-refractivity contribution in [1.82, 2.24) is 20.2 Å². The zero-order valence-electron chi connectivity index (χ0n) is 13.7. The molecule has 3 rings (SSSR count). The summed E-state index contributed by atoms with van der Waals surface area (Å²) in [7, 11) is 1.77. The van der Waals surface area contributed by atoms with Crippen molar-refractivity contribution in [2.75, 3.05) is 25.5 Å². The molecule has 0 aromatic carbocycles. The molecule has 9 heteroatoms. The van der Waals surface area contributed by atoms with Gasteiger partial charge >= 0.3 is 0 Å². The SMILES string of the molecule is CNc1nc(C(=O)N[C@@H]2CCN(Cc3csc(C)n3)C[C@H]2O)cs1. The Labute approximate surface area is 148 Å². The van der Waals surface area contributed by atoms with E-state index in [0.717, 1.165) is 23.8 Å². The Morgan fingerprint density at radius 3 is 2.88 bits per heavy atom. The van der Waals surface area contributed by atoms with Crippen molar-refractivity contribution in [3.63, 3.8) is 0 Å². The lowest BCUT2D eigenvalue weighted by molar-refractivity contribution is 0.0345. The molecular weight excluding hydrogens is 346 g/mol. The summed E-state index contributed by atoms with van der Waals surface area (Å²) >= 11 is 3.02. The van der Waals surface area contributed by atoms with E-state index >= 15 is 0 Å². The molecule has 130 valence electrons. The lowest BCUT2D eigenvalue weighted by atomic mass is 10.0. The lowest BCUT2D eigenvalue weighted by Gasteiger charge is -2.35. The second kappa shape index (κ2) is 7.56. The van der Waals surface area contributed by atoms with E-state index in [1.165, 1.54) is 11.3 Å². The molecule has 7 nitrogen and oxygen atoms in total. The minimum absolute atomic E-state index is 0.236. The fourth-order valence-corrected chi connectivity index (χ4v) is 4.01. The second-order valence-electron chi connectivity index (χ2n) is 5.82. The van der Waals surface area contributed by atoms with E-state index in [1.807, 2.05) is 6.92 Å². The molecule has 1 aliphatic heterocycles. The Morgan fingerprint density at radius 2 is 2.25 bits per heavy atom. The molecule has 2 aromatic heterocycles. The molecule has 2 aromatic rings. The summed E-state index contributed by atoms with van der Waals surface area (Å²) < 4.78 is 0. The quantitative estimate of drug-likeness (QED) is 0.738. The van der Waals surface area contributed by atoms with Crippen LogP contribution in [0.15, 0.2) is 10.8 Å². The average Bonchev–Trinajstić information content (AvgIpc) is 3.19. The molecule has 1 saturated heterocycles. The van der Waals surface area contributed by atoms with E-state index in [4.69, 9.17) is 0 Å². The molecule has 3 N–H and O–H groups in total. The number of carbonyl (C=O) groups is 1. The summed E-state index contributed by atoms with van der Waals surface area (Å²) in [5.41, 5.74) is 1.42. The number of piperidine rings is 1. The number of thiazole rings is 2. The van der Waals surface area contributed by atoms with Gasteiger partial charge in [-0.05, 0) is 13.3 Å². The molecular formula is C15H21N5O2S2. The number of carbonyl (C=O) groups excluding carboxylic acids is 1. The summed E-state index contributed by atoms with van der Waals surface area (Å²) in [4.78, 5) is 23.1. The van der Waals surface area contributed by atoms with Crippen LogP contribution in [0.25, 0.3) is 0 Å². The number of hydrogen-bond donors (Lipinski definition) is 3. The van der Waals surface area contributed by atoms with Gasteiger partial charge in [0.05, 0.1) is 22.8 Å². The van der Waals surface area contributed by atoms with Crippen LogP contribution in [0.5, 0.6) is 0 Å². The third kappa shape index (κ3) is 4.10. The van der Waals surface area contributed by atoms with Gasteiger partial charge in [-0.15, -0.1) is 22.7 Å². The first kappa shape index (κ1) is 17.3. The van der Waals surface area contributed by atoms with Crippen LogP contribution in [-0.4, -0.2) is 58.2 Å². The largest absolute Gasteiger partial charge is 0.390 e. The summed E-state index contributed by atoms with van der Waals surface area (Å²) in [6.45, 7) is 4.07. The van der Waals surface area contributed by atoms with Crippen molar-refractivity contribution in [3.8, 4) is 0 Å². The highest BCUT2D eigenvalue weighted by Gasteiger charge is 2.29. The van der Waals surface area contributed by atoms with Crippen molar-refractivity contribution < 1.29 is 9.90 Å². The van der Waals surface area contributed by atoms with E-state index in [-0.39, 0.29) is 11.9 Å². The van der Waals surface area contributed by atoms with Crippen molar-refractivity contribution in [2.24, 2.45) is 0 Å². The van der Waals surface area contributed by atoms with Gasteiger partial charge in [-0.25, -0.2) is 9.97 Å². The van der Waals surface area contributed by atoms with Gasteiger partial charge in [0.15, 0.2) is 5.13 Å². The van der Waals surface area contributed by atoms with Crippen LogP contribution in [0.2, 0.25) is 0 Å². The Balaban J connectivity index is 1.52. The van der Waals surface area contributed by atoms with E-state index in [9.17, 15) is 9.90 Å². The number of hydrogen-bond acceptors (Lipinski definition) is 8. The van der Waals surface area contributed by atoms with E-state index < -0.39 is 6.10 Å². The minimum Gasteiger partial charge on any atom is -0.390 e. The maximum atomic E-state index is 12.2. The van der Waals surface area contributed by atoms with Crippen molar-refractivity contribution >= 4 is 33.7 Å². The topological polar surface area (TPSA) is 90.4 Å². The van der Waals surface area contributed by atoms with Gasteiger partial charge in [0.25, 0.3) is 5.91 Å². The average molecular weight is 368 g/mol. The Bertz CT molecular complexity index is 702. The number of nitrogens with one attached hydrogen (secondary N) is 2. The predicted octanol–water partition coefficient (Wildman–Crippen LogP) is 1.31. The number of anilines is 1. The lowest BCUT2D eigenvalue weighted by Crippen LogP contribution is -2.53. The van der Waals surface area contributed by atoms with Gasteiger partial charge in [0.1, 0.15) is 5.69 Å². The number of aromatic nitrogens is 2. The highest BCUT2D eigenvalue weighted by atomic mass is 32.1. The standard InChI is InChI=1S/C15H21N5O2S2/c1-9-17-10(7-23-9)5-20-4-3-11(13(21)6-20)18-14(22)12-8-24-15(16-2)19-12/h7-8,11,13,21H,3-6H2,1-2H3,(H,16,19)(H,18,22)/t11-,13-/m1/s1. The van der Waals surface area contributed by atoms with Crippen LogP contribution in [0.4, 0.5) is 5.13 Å². The Hall–Kier alpha value is -1.55. The fraction of sp³-hybridized carbons (Fsp3) is 0.533. The molecule has 0 unspecified atom stereocenters. The van der Waals surface area contributed by atoms with E-state index in [2.05, 4.69) is 30.9 Å². The molecule has 0 bridgehead atoms. The number of likely N-dealkylation sites (tertiary alicyclic amines) is 1. The van der Waals surface area contributed by atoms with Crippen LogP contribution in [0, 0.1) is 6.92 Å². The van der Waals surface area contributed by atoms with Crippen LogP contribution in [0.3, 0.4) is 0 Å². The van der Waals surface area contributed by atoms with Crippen LogP contribution >= 0.6 is 22.7 Å². The Kier molecular flexibility index (Phi) is 5.44. The summed E-state index contributed by atoms with van der Waals surface area (Å²) in [5.74, 6) is -0.236. The Morgan fingerprint density at radius 1 is 1.42 bits per heavy atom. The highest BCUT2D eigenvalue weighted by molar-refractivity contribution is 7.13. The third-order valence-electron chi connectivity index (χ3n) is 3.99. The maximum Gasteiger partial charge on any atom is 0.271 e. The number of rotatable bonds is 5. The number of β-amino-alcohol motifs (C(OH)–C–C–N with tert-alkyl or cyclic N) is 1. The van der Waals surface area contributed by atoms with Crippen LogP contribution in [-0.2, 0) is 6.54 Å². The van der Waals surface area contributed by atoms with Crippen LogP contribution < -0.4 is 10.6 Å². The van der Waals surface area contributed by atoms with Crippen molar-refractivity contribution in [1.29, 1.82) is 0 Å². The number of amides is 1. The molecule has 2 atom stereocenters. The zero-order chi connectivity index (χ0) is 17.1. The van der Waals surface area contributed by atoms with Gasteiger partial charge in [0.2, 0.25) is 0 Å². The minimum atomic E-state index is -0.593. The molecule has 1 amide bonds. The molecule has 24 heavy (non-hydrogen) atoms. The molecule has 0 spiro atoms. The van der Waals surface area contributed by atoms with Gasteiger partial charge < -0.3 is 15.7 Å². The summed E-state index contributed by atoms with van der Waals surface area (Å²) in [6.07, 6.45) is 0.115. The molecule has 3 heterocycles. The van der Waals surface area contributed by atoms with E-state index in [1.54, 1.807) is 23.8 Å². The molecule has 0 radical (unpaired) electrons. The summed E-state index contributed by atoms with van der Waals surface area (Å²) in [5, 5.41) is 21.7. The maximum absolute atomic E-state index is 12.2. The number of aliphatic hydroxyl groups excluding tert-OH is 1. The second-order valence-corrected chi connectivity index (χ2v) is 7.74. The first-order valence-corrected chi connectivity index (χ1v) is 9.56. The monoisotopic (exact) mass is 367 g/mol. The number of aliphatic hydroxyl groups is 1. The van der Waals surface area contributed by atoms with Gasteiger partial charge in [-0.3, -0.25) is 9.69 Å². The van der Waals surface area contributed by atoms with E-state index in [0.29, 0.717) is 23.8 Å².